The number of anilines is 1. The third-order valence-corrected chi connectivity index (χ3v) is 4.74. The Hall–Kier alpha value is -0.710. The first-order valence-electron chi connectivity index (χ1n) is 5.44. The highest BCUT2D eigenvalue weighted by Gasteiger charge is 2.09. The smallest absolute Gasteiger partial charge is 0.139 e. The van der Waals surface area contributed by atoms with E-state index in [0.29, 0.717) is 10.8 Å². The lowest BCUT2D eigenvalue weighted by molar-refractivity contribution is 0.415. The first-order valence-corrected chi connectivity index (χ1v) is 7.49. The summed E-state index contributed by atoms with van der Waals surface area (Å²) in [5.74, 6) is 0.682. The SMILES string of the molecule is COc1cc(NC(C)c2cc(Br)cs2)ccc1Cl. The molecule has 0 fully saturated rings. The highest BCUT2D eigenvalue weighted by atomic mass is 79.9. The van der Waals surface area contributed by atoms with Crippen molar-refractivity contribution in [1.82, 2.24) is 0 Å². The zero-order valence-electron chi connectivity index (χ0n) is 10.0. The van der Waals surface area contributed by atoms with E-state index in [1.165, 1.54) is 4.88 Å². The molecule has 0 amide bonds. The van der Waals surface area contributed by atoms with Crippen LogP contribution < -0.4 is 10.1 Å². The largest absolute Gasteiger partial charge is 0.495 e. The zero-order chi connectivity index (χ0) is 13.1. The van der Waals surface area contributed by atoms with Crippen molar-refractivity contribution in [1.29, 1.82) is 0 Å². The lowest BCUT2D eigenvalue weighted by atomic mass is 10.2. The summed E-state index contributed by atoms with van der Waals surface area (Å²) in [6, 6.07) is 8.05. The van der Waals surface area contributed by atoms with Crippen LogP contribution >= 0.6 is 38.9 Å². The van der Waals surface area contributed by atoms with Crippen LogP contribution in [0.2, 0.25) is 5.02 Å². The van der Waals surface area contributed by atoms with E-state index in [-0.39, 0.29) is 6.04 Å². The predicted octanol–water partition coefficient (Wildman–Crippen LogP) is 5.35. The van der Waals surface area contributed by atoms with Gasteiger partial charge in [-0.1, -0.05) is 11.6 Å². The van der Waals surface area contributed by atoms with Crippen LogP contribution in [0.15, 0.2) is 34.1 Å². The maximum Gasteiger partial charge on any atom is 0.139 e. The minimum absolute atomic E-state index is 0.243. The van der Waals surface area contributed by atoms with Gasteiger partial charge in [-0.05, 0) is 41.1 Å². The molecule has 96 valence electrons. The molecule has 2 rings (SSSR count). The van der Waals surface area contributed by atoms with E-state index in [4.69, 9.17) is 16.3 Å². The molecule has 1 heterocycles. The van der Waals surface area contributed by atoms with Gasteiger partial charge >= 0.3 is 0 Å². The number of benzene rings is 1. The van der Waals surface area contributed by atoms with E-state index in [9.17, 15) is 0 Å². The molecule has 1 atom stereocenters. The van der Waals surface area contributed by atoms with Crippen molar-refractivity contribution in [2.45, 2.75) is 13.0 Å². The van der Waals surface area contributed by atoms with Crippen molar-refractivity contribution in [3.63, 3.8) is 0 Å². The van der Waals surface area contributed by atoms with Gasteiger partial charge in [0.05, 0.1) is 18.2 Å². The van der Waals surface area contributed by atoms with Crippen molar-refractivity contribution < 1.29 is 4.74 Å². The first kappa shape index (κ1) is 13.7. The van der Waals surface area contributed by atoms with E-state index in [1.807, 2.05) is 18.2 Å². The van der Waals surface area contributed by atoms with Crippen molar-refractivity contribution in [2.24, 2.45) is 0 Å². The first-order chi connectivity index (χ1) is 8.60. The third kappa shape index (κ3) is 3.19. The van der Waals surface area contributed by atoms with E-state index in [2.05, 4.69) is 39.6 Å². The van der Waals surface area contributed by atoms with Gasteiger partial charge in [-0.25, -0.2) is 0 Å². The Labute approximate surface area is 124 Å². The summed E-state index contributed by atoms with van der Waals surface area (Å²) in [5.41, 5.74) is 0.994. The monoisotopic (exact) mass is 345 g/mol. The van der Waals surface area contributed by atoms with Crippen LogP contribution in [-0.2, 0) is 0 Å². The summed E-state index contributed by atoms with van der Waals surface area (Å²) in [6.45, 7) is 2.12. The second-order valence-corrected chi connectivity index (χ2v) is 6.15. The Bertz CT molecular complexity index is 544. The number of methoxy groups -OCH3 is 1. The Kier molecular flexibility index (Phi) is 4.54. The second kappa shape index (κ2) is 5.95. The fourth-order valence-corrected chi connectivity index (χ4v) is 3.27. The normalized spacial score (nSPS) is 12.2. The minimum Gasteiger partial charge on any atom is -0.495 e. The van der Waals surface area contributed by atoms with Gasteiger partial charge in [-0.3, -0.25) is 0 Å². The van der Waals surface area contributed by atoms with Gasteiger partial charge < -0.3 is 10.1 Å². The molecule has 1 N–H and O–H groups in total. The molecule has 0 aliphatic rings. The van der Waals surface area contributed by atoms with E-state index < -0.39 is 0 Å². The van der Waals surface area contributed by atoms with Crippen molar-refractivity contribution in [3.05, 3.63) is 44.0 Å². The number of hydrogen-bond acceptors (Lipinski definition) is 3. The molecular formula is C13H13BrClNOS. The molecule has 0 aliphatic carbocycles. The standard InChI is InChI=1S/C13H13BrClNOS/c1-8(13-5-9(14)7-18-13)16-10-3-4-11(15)12(6-10)17-2/h3-8,16H,1-2H3. The van der Waals surface area contributed by atoms with Crippen LogP contribution in [0.5, 0.6) is 5.75 Å². The minimum atomic E-state index is 0.243. The number of nitrogens with one attached hydrogen (secondary N) is 1. The number of ether oxygens (including phenoxy) is 1. The molecule has 0 saturated carbocycles. The maximum absolute atomic E-state index is 6.00. The Morgan fingerprint density at radius 3 is 2.78 bits per heavy atom. The van der Waals surface area contributed by atoms with E-state index in [0.717, 1.165) is 10.2 Å². The molecular weight excluding hydrogens is 334 g/mol. The van der Waals surface area contributed by atoms with Crippen LogP contribution in [0.1, 0.15) is 17.8 Å². The van der Waals surface area contributed by atoms with Gasteiger partial charge in [0.1, 0.15) is 5.75 Å². The topological polar surface area (TPSA) is 21.3 Å². The fourth-order valence-electron chi connectivity index (χ4n) is 1.63. The van der Waals surface area contributed by atoms with Gasteiger partial charge in [0.15, 0.2) is 0 Å². The quantitative estimate of drug-likeness (QED) is 0.806. The second-order valence-electron chi connectivity index (χ2n) is 3.88. The maximum atomic E-state index is 6.00. The van der Waals surface area contributed by atoms with Gasteiger partial charge in [0, 0.05) is 26.5 Å². The van der Waals surface area contributed by atoms with Gasteiger partial charge in [-0.2, -0.15) is 0 Å². The van der Waals surface area contributed by atoms with Gasteiger partial charge in [0.2, 0.25) is 0 Å². The molecule has 18 heavy (non-hydrogen) atoms. The van der Waals surface area contributed by atoms with Crippen LogP contribution in [0.4, 0.5) is 5.69 Å². The predicted molar refractivity (Wildman–Crippen MR) is 82.1 cm³/mol. The molecule has 2 aromatic rings. The van der Waals surface area contributed by atoms with Gasteiger partial charge in [0.25, 0.3) is 0 Å². The van der Waals surface area contributed by atoms with Crippen molar-refractivity contribution >= 4 is 44.6 Å². The average molecular weight is 347 g/mol. The van der Waals surface area contributed by atoms with Crippen LogP contribution in [0, 0.1) is 0 Å². The summed E-state index contributed by atoms with van der Waals surface area (Å²) >= 11 is 11.2. The molecule has 0 bridgehead atoms. The summed E-state index contributed by atoms with van der Waals surface area (Å²) in [4.78, 5) is 1.27. The number of hydrogen-bond donors (Lipinski definition) is 1. The Balaban J connectivity index is 2.14. The highest BCUT2D eigenvalue weighted by Crippen LogP contribution is 2.31. The summed E-state index contributed by atoms with van der Waals surface area (Å²) in [6.07, 6.45) is 0. The van der Waals surface area contributed by atoms with Crippen LogP contribution in [-0.4, -0.2) is 7.11 Å². The Morgan fingerprint density at radius 1 is 1.39 bits per heavy atom. The number of halogens is 2. The molecule has 0 radical (unpaired) electrons. The van der Waals surface area contributed by atoms with Crippen LogP contribution in [0.3, 0.4) is 0 Å². The molecule has 1 unspecified atom stereocenters. The summed E-state index contributed by atoms with van der Waals surface area (Å²) < 4.78 is 6.32. The third-order valence-electron chi connectivity index (χ3n) is 2.55. The molecule has 0 aliphatic heterocycles. The molecule has 1 aromatic heterocycles. The molecule has 1 aromatic carbocycles. The van der Waals surface area contributed by atoms with E-state index >= 15 is 0 Å². The molecule has 2 nitrogen and oxygen atoms in total. The molecule has 0 spiro atoms. The fraction of sp³-hybridized carbons (Fsp3) is 0.231. The zero-order valence-corrected chi connectivity index (χ0v) is 13.2. The average Bonchev–Trinajstić information content (AvgIpc) is 2.78. The van der Waals surface area contributed by atoms with Crippen molar-refractivity contribution in [2.75, 3.05) is 12.4 Å². The summed E-state index contributed by atoms with van der Waals surface area (Å²) in [7, 11) is 1.62. The Morgan fingerprint density at radius 2 is 2.17 bits per heavy atom. The molecule has 0 saturated heterocycles. The van der Waals surface area contributed by atoms with E-state index in [1.54, 1.807) is 18.4 Å². The summed E-state index contributed by atoms with van der Waals surface area (Å²) in [5, 5.41) is 6.12. The van der Waals surface area contributed by atoms with Crippen LogP contribution in [0.25, 0.3) is 0 Å². The number of thiophene rings is 1. The number of rotatable bonds is 4. The lowest BCUT2D eigenvalue weighted by Crippen LogP contribution is -2.04. The van der Waals surface area contributed by atoms with Gasteiger partial charge in [-0.15, -0.1) is 11.3 Å². The van der Waals surface area contributed by atoms with Crippen molar-refractivity contribution in [3.8, 4) is 5.75 Å². The molecule has 5 heteroatoms. The lowest BCUT2D eigenvalue weighted by Gasteiger charge is -2.14. The highest BCUT2D eigenvalue weighted by molar-refractivity contribution is 9.10.